The predicted octanol–water partition coefficient (Wildman–Crippen LogP) is 5.19. The van der Waals surface area contributed by atoms with E-state index in [9.17, 15) is 5.11 Å². The van der Waals surface area contributed by atoms with Gasteiger partial charge in [-0.25, -0.2) is 0 Å². The molecule has 1 aliphatic rings. The van der Waals surface area contributed by atoms with Crippen molar-refractivity contribution in [2.75, 3.05) is 19.7 Å². The van der Waals surface area contributed by atoms with Gasteiger partial charge in [-0.2, -0.15) is 0 Å². The lowest BCUT2D eigenvalue weighted by Crippen LogP contribution is -2.31. The van der Waals surface area contributed by atoms with Gasteiger partial charge in [-0.05, 0) is 24.1 Å². The fraction of sp³-hybridized carbons (Fsp3) is 0.619. The first-order valence-corrected chi connectivity index (χ1v) is 9.49. The van der Waals surface area contributed by atoms with E-state index >= 15 is 0 Å². The summed E-state index contributed by atoms with van der Waals surface area (Å²) in [5, 5.41) is 9.40. The van der Waals surface area contributed by atoms with Crippen LogP contribution in [0.3, 0.4) is 0 Å². The number of aliphatic hydroxyl groups is 1. The van der Waals surface area contributed by atoms with Gasteiger partial charge >= 0.3 is 0 Å². The van der Waals surface area contributed by atoms with Crippen molar-refractivity contribution in [3.8, 4) is 0 Å². The van der Waals surface area contributed by atoms with Gasteiger partial charge in [-0.15, -0.1) is 0 Å². The van der Waals surface area contributed by atoms with Gasteiger partial charge in [-0.3, -0.25) is 4.90 Å². The molecule has 1 atom stereocenters. The smallest absolute Gasteiger partial charge is 0.0558 e. The Morgan fingerprint density at radius 1 is 0.913 bits per heavy atom. The Morgan fingerprint density at radius 2 is 1.61 bits per heavy atom. The van der Waals surface area contributed by atoms with Gasteiger partial charge in [0.15, 0.2) is 0 Å². The molecule has 1 N–H and O–H groups in total. The van der Waals surface area contributed by atoms with Crippen molar-refractivity contribution in [1.82, 2.24) is 4.90 Å². The Hall–Kier alpha value is -1.12. The van der Waals surface area contributed by atoms with Gasteiger partial charge in [0.05, 0.1) is 12.6 Å². The highest BCUT2D eigenvalue weighted by Crippen LogP contribution is 2.32. The van der Waals surface area contributed by atoms with Gasteiger partial charge in [0.1, 0.15) is 0 Å². The maximum Gasteiger partial charge on any atom is 0.0558 e. The van der Waals surface area contributed by atoms with E-state index in [1.165, 1.54) is 62.5 Å². The van der Waals surface area contributed by atoms with Crippen LogP contribution in [0, 0.1) is 0 Å². The van der Waals surface area contributed by atoms with Crippen LogP contribution >= 0.6 is 0 Å². The lowest BCUT2D eigenvalue weighted by molar-refractivity contribution is 0.169. The average molecular weight is 316 g/mol. The summed E-state index contributed by atoms with van der Waals surface area (Å²) >= 11 is 0. The number of fused-ring (bicyclic) bond motifs is 1. The molecular weight excluding hydrogens is 282 g/mol. The minimum Gasteiger partial charge on any atom is -0.395 e. The average Bonchev–Trinajstić information content (AvgIpc) is 3.00. The van der Waals surface area contributed by atoms with E-state index in [2.05, 4.69) is 48.2 Å². The molecule has 0 bridgehead atoms. The van der Waals surface area contributed by atoms with E-state index < -0.39 is 0 Å². The normalized spacial score (nSPS) is 16.2. The molecule has 128 valence electrons. The molecule has 1 aromatic rings. The number of hydrogen-bond acceptors (Lipinski definition) is 2. The Balaban J connectivity index is 1.72. The van der Waals surface area contributed by atoms with Gasteiger partial charge in [0.25, 0.3) is 0 Å². The van der Waals surface area contributed by atoms with Crippen molar-refractivity contribution < 1.29 is 5.11 Å². The number of aliphatic hydroxyl groups excluding tert-OH is 1. The summed E-state index contributed by atoms with van der Waals surface area (Å²) in [4.78, 5) is 2.43. The summed E-state index contributed by atoms with van der Waals surface area (Å²) in [6, 6.07) is 8.97. The monoisotopic (exact) mass is 315 g/mol. The van der Waals surface area contributed by atoms with Gasteiger partial charge < -0.3 is 5.11 Å². The first-order valence-electron chi connectivity index (χ1n) is 9.49. The highest BCUT2D eigenvalue weighted by Gasteiger charge is 2.22. The highest BCUT2D eigenvalue weighted by molar-refractivity contribution is 5.61. The summed E-state index contributed by atoms with van der Waals surface area (Å²) < 4.78 is 0. The van der Waals surface area contributed by atoms with Crippen LogP contribution in [0.2, 0.25) is 0 Å². The molecule has 1 unspecified atom stereocenters. The van der Waals surface area contributed by atoms with Crippen LogP contribution in [0.1, 0.15) is 75.5 Å². The van der Waals surface area contributed by atoms with Gasteiger partial charge in [0, 0.05) is 6.54 Å². The molecule has 0 aliphatic heterocycles. The van der Waals surface area contributed by atoms with E-state index in [1.54, 1.807) is 0 Å². The zero-order chi connectivity index (χ0) is 16.3. The number of hydrogen-bond donors (Lipinski definition) is 1. The van der Waals surface area contributed by atoms with Crippen LogP contribution in [0.15, 0.2) is 30.3 Å². The Kier molecular flexibility index (Phi) is 8.41. The van der Waals surface area contributed by atoms with Crippen LogP contribution in [0.4, 0.5) is 0 Å². The molecule has 2 nitrogen and oxygen atoms in total. The molecule has 23 heavy (non-hydrogen) atoms. The molecule has 0 radical (unpaired) electrons. The summed E-state index contributed by atoms with van der Waals surface area (Å²) in [5.41, 5.74) is 2.72. The molecule has 0 saturated heterocycles. The van der Waals surface area contributed by atoms with Crippen molar-refractivity contribution in [3.05, 3.63) is 41.5 Å². The summed E-state index contributed by atoms with van der Waals surface area (Å²) in [7, 11) is 0. The summed E-state index contributed by atoms with van der Waals surface area (Å²) in [6.07, 6.45) is 15.3. The second-order valence-corrected chi connectivity index (χ2v) is 6.67. The van der Waals surface area contributed by atoms with Crippen molar-refractivity contribution in [2.24, 2.45) is 0 Å². The van der Waals surface area contributed by atoms with Crippen LogP contribution in [-0.4, -0.2) is 29.7 Å². The Labute approximate surface area is 142 Å². The topological polar surface area (TPSA) is 23.5 Å². The minimum absolute atomic E-state index is 0.240. The van der Waals surface area contributed by atoms with Crippen LogP contribution < -0.4 is 0 Å². The summed E-state index contributed by atoms with van der Waals surface area (Å²) in [5.74, 6) is 0. The Morgan fingerprint density at radius 3 is 2.35 bits per heavy atom. The molecule has 0 amide bonds. The third-order valence-corrected chi connectivity index (χ3v) is 4.85. The first kappa shape index (κ1) is 18.2. The molecule has 1 aromatic carbocycles. The molecular formula is C21H33NO. The molecule has 2 rings (SSSR count). The van der Waals surface area contributed by atoms with E-state index in [0.717, 1.165) is 13.1 Å². The molecule has 2 heteroatoms. The third kappa shape index (κ3) is 5.78. The number of nitrogens with zero attached hydrogens (tertiary/aromatic N) is 1. The fourth-order valence-corrected chi connectivity index (χ4v) is 3.52. The fourth-order valence-electron chi connectivity index (χ4n) is 3.52. The summed E-state index contributed by atoms with van der Waals surface area (Å²) in [6.45, 7) is 4.35. The van der Waals surface area contributed by atoms with Gasteiger partial charge in [0.2, 0.25) is 0 Å². The van der Waals surface area contributed by atoms with E-state index in [0.29, 0.717) is 6.04 Å². The molecule has 0 heterocycles. The maximum atomic E-state index is 9.40. The standard InChI is InChI=1S/C21H33NO/c1-2-3-4-5-6-7-8-11-16-22(17-18-23)21-15-14-19-12-9-10-13-20(19)21/h9-10,12-15,21,23H,2-8,11,16-18H2,1H3. The van der Waals surface area contributed by atoms with Crippen molar-refractivity contribution >= 4 is 6.08 Å². The molecule has 0 saturated carbocycles. The third-order valence-electron chi connectivity index (χ3n) is 4.85. The second kappa shape index (κ2) is 10.6. The molecule has 0 spiro atoms. The highest BCUT2D eigenvalue weighted by atomic mass is 16.3. The lowest BCUT2D eigenvalue weighted by Gasteiger charge is -2.28. The molecule has 0 fully saturated rings. The largest absolute Gasteiger partial charge is 0.395 e. The van der Waals surface area contributed by atoms with Crippen molar-refractivity contribution in [2.45, 2.75) is 64.3 Å². The van der Waals surface area contributed by atoms with E-state index in [4.69, 9.17) is 0 Å². The van der Waals surface area contributed by atoms with E-state index in [1.807, 2.05) is 0 Å². The van der Waals surface area contributed by atoms with Crippen LogP contribution in [0.25, 0.3) is 6.08 Å². The number of rotatable bonds is 12. The lowest BCUT2D eigenvalue weighted by atomic mass is 10.0. The Bertz CT molecular complexity index is 469. The SMILES string of the molecule is CCCCCCCCCCN(CCO)C1C=Cc2ccccc21. The first-order chi connectivity index (χ1) is 11.4. The zero-order valence-corrected chi connectivity index (χ0v) is 14.7. The molecule has 0 aromatic heterocycles. The minimum atomic E-state index is 0.240. The number of unbranched alkanes of at least 4 members (excludes halogenated alkanes) is 7. The quantitative estimate of drug-likeness (QED) is 0.537. The maximum absolute atomic E-state index is 9.40. The van der Waals surface area contributed by atoms with Gasteiger partial charge in [-0.1, -0.05) is 88.3 Å². The van der Waals surface area contributed by atoms with Crippen LogP contribution in [-0.2, 0) is 0 Å². The van der Waals surface area contributed by atoms with Crippen LogP contribution in [0.5, 0.6) is 0 Å². The number of benzene rings is 1. The second-order valence-electron chi connectivity index (χ2n) is 6.67. The molecule has 1 aliphatic carbocycles. The van der Waals surface area contributed by atoms with E-state index in [-0.39, 0.29) is 6.61 Å². The zero-order valence-electron chi connectivity index (χ0n) is 14.7. The van der Waals surface area contributed by atoms with Crippen molar-refractivity contribution in [3.63, 3.8) is 0 Å². The predicted molar refractivity (Wildman–Crippen MR) is 99.5 cm³/mol. The van der Waals surface area contributed by atoms with Crippen molar-refractivity contribution in [1.29, 1.82) is 0 Å².